The van der Waals surface area contributed by atoms with Gasteiger partial charge in [-0.15, -0.1) is 0 Å². The zero-order valence-electron chi connectivity index (χ0n) is 9.60. The number of benzene rings is 1. The molecule has 0 saturated carbocycles. The van der Waals surface area contributed by atoms with Gasteiger partial charge < -0.3 is 15.1 Å². The molecule has 2 aromatic rings. The molecule has 4 heteroatoms. The van der Waals surface area contributed by atoms with E-state index in [1.165, 1.54) is 10.8 Å². The minimum atomic E-state index is 0. The van der Waals surface area contributed by atoms with E-state index in [2.05, 4.69) is 40.2 Å². The summed E-state index contributed by atoms with van der Waals surface area (Å²) < 4.78 is 5.36. The van der Waals surface area contributed by atoms with Crippen LogP contribution in [0.25, 0.3) is 10.8 Å². The molecule has 1 aliphatic heterocycles. The molecule has 0 bridgehead atoms. The average molecular weight is 232 g/mol. The fraction of sp³-hybridized carbons (Fsp3) is 0.308. The van der Waals surface area contributed by atoms with Crippen molar-refractivity contribution in [1.82, 2.24) is 4.98 Å². The van der Waals surface area contributed by atoms with Crippen LogP contribution in [0.5, 0.6) is 0 Å². The fourth-order valence-corrected chi connectivity index (χ4v) is 2.13. The van der Waals surface area contributed by atoms with Crippen molar-refractivity contribution in [2.45, 2.75) is 0 Å². The normalized spacial score (nSPS) is 15.6. The Balaban J connectivity index is 0.00000108. The Morgan fingerprint density at radius 1 is 1.06 bits per heavy atom. The number of fused-ring (bicyclic) bond motifs is 1. The van der Waals surface area contributed by atoms with Gasteiger partial charge in [-0.2, -0.15) is 0 Å². The Kier molecular flexibility index (Phi) is 3.56. The standard InChI is InChI=1S/C13H14N2O.H2O/c1-2-4-12-11(3-1)5-6-14-13(12)15-7-9-16-10-8-15;/h1-6H,7-10H2;1H2. The van der Waals surface area contributed by atoms with Crippen LogP contribution in [-0.4, -0.2) is 36.8 Å². The van der Waals surface area contributed by atoms with Gasteiger partial charge in [-0.1, -0.05) is 24.3 Å². The zero-order valence-corrected chi connectivity index (χ0v) is 9.60. The molecular formula is C13H16N2O2. The fourth-order valence-electron chi connectivity index (χ4n) is 2.13. The molecule has 0 radical (unpaired) electrons. The molecule has 2 heterocycles. The largest absolute Gasteiger partial charge is 0.412 e. The monoisotopic (exact) mass is 232 g/mol. The van der Waals surface area contributed by atoms with Gasteiger partial charge in [-0.05, 0) is 11.5 Å². The van der Waals surface area contributed by atoms with Gasteiger partial charge >= 0.3 is 0 Å². The van der Waals surface area contributed by atoms with Crippen LogP contribution < -0.4 is 4.90 Å². The Labute approximate surface area is 100 Å². The molecule has 0 atom stereocenters. The molecular weight excluding hydrogens is 216 g/mol. The second kappa shape index (κ2) is 5.12. The van der Waals surface area contributed by atoms with E-state index in [1.54, 1.807) is 0 Å². The SMILES string of the molecule is O.c1ccc2c(N3CCOCC3)nccc2c1. The second-order valence-electron chi connectivity index (χ2n) is 3.96. The molecule has 0 aliphatic carbocycles. The van der Waals surface area contributed by atoms with E-state index in [9.17, 15) is 0 Å². The molecule has 3 rings (SSSR count). The van der Waals surface area contributed by atoms with Gasteiger partial charge in [0.2, 0.25) is 0 Å². The first-order valence-electron chi connectivity index (χ1n) is 5.61. The second-order valence-corrected chi connectivity index (χ2v) is 3.96. The molecule has 1 aromatic heterocycles. The first-order valence-corrected chi connectivity index (χ1v) is 5.61. The maximum absolute atomic E-state index is 5.36. The van der Waals surface area contributed by atoms with Crippen molar-refractivity contribution in [2.75, 3.05) is 31.2 Å². The van der Waals surface area contributed by atoms with E-state index in [0.29, 0.717) is 0 Å². The van der Waals surface area contributed by atoms with Crippen LogP contribution in [0.4, 0.5) is 5.82 Å². The Morgan fingerprint density at radius 2 is 1.82 bits per heavy atom. The number of pyridine rings is 1. The predicted octanol–water partition coefficient (Wildman–Crippen LogP) is 1.25. The summed E-state index contributed by atoms with van der Waals surface area (Å²) in [5.41, 5.74) is 0. The minimum Gasteiger partial charge on any atom is -0.412 e. The topological polar surface area (TPSA) is 56.9 Å². The Hall–Kier alpha value is -1.65. The minimum absolute atomic E-state index is 0. The third-order valence-corrected chi connectivity index (χ3v) is 2.96. The lowest BCUT2D eigenvalue weighted by atomic mass is 10.1. The van der Waals surface area contributed by atoms with Crippen LogP contribution in [0.2, 0.25) is 0 Å². The van der Waals surface area contributed by atoms with Crippen LogP contribution in [0.15, 0.2) is 36.5 Å². The number of rotatable bonds is 1. The summed E-state index contributed by atoms with van der Waals surface area (Å²) in [7, 11) is 0. The number of hydrogen-bond acceptors (Lipinski definition) is 3. The zero-order chi connectivity index (χ0) is 10.8. The van der Waals surface area contributed by atoms with Crippen molar-refractivity contribution in [3.05, 3.63) is 36.5 Å². The lowest BCUT2D eigenvalue weighted by Gasteiger charge is -2.28. The van der Waals surface area contributed by atoms with E-state index in [4.69, 9.17) is 4.74 Å². The van der Waals surface area contributed by atoms with E-state index >= 15 is 0 Å². The van der Waals surface area contributed by atoms with Crippen LogP contribution in [0.1, 0.15) is 0 Å². The highest BCUT2D eigenvalue weighted by atomic mass is 16.5. The Bertz CT molecular complexity index is 490. The van der Waals surface area contributed by atoms with Crippen LogP contribution in [-0.2, 0) is 4.74 Å². The maximum Gasteiger partial charge on any atom is 0.136 e. The number of hydrogen-bond donors (Lipinski definition) is 0. The molecule has 0 unspecified atom stereocenters. The third-order valence-electron chi connectivity index (χ3n) is 2.96. The molecule has 0 amide bonds. The van der Waals surface area contributed by atoms with Gasteiger partial charge in [-0.3, -0.25) is 0 Å². The molecule has 0 spiro atoms. The average Bonchev–Trinajstić information content (AvgIpc) is 2.39. The van der Waals surface area contributed by atoms with Crippen molar-refractivity contribution >= 4 is 16.6 Å². The molecule has 1 aliphatic rings. The van der Waals surface area contributed by atoms with Crippen molar-refractivity contribution in [1.29, 1.82) is 0 Å². The Morgan fingerprint density at radius 3 is 2.65 bits per heavy atom. The van der Waals surface area contributed by atoms with Crippen molar-refractivity contribution in [3.63, 3.8) is 0 Å². The summed E-state index contributed by atoms with van der Waals surface area (Å²) in [6.07, 6.45) is 1.88. The summed E-state index contributed by atoms with van der Waals surface area (Å²) >= 11 is 0. The molecule has 90 valence electrons. The van der Waals surface area contributed by atoms with Gasteiger partial charge in [0.1, 0.15) is 5.82 Å². The highest BCUT2D eigenvalue weighted by Crippen LogP contribution is 2.24. The number of morpholine rings is 1. The van der Waals surface area contributed by atoms with Gasteiger partial charge in [0.25, 0.3) is 0 Å². The van der Waals surface area contributed by atoms with Crippen molar-refractivity contribution in [2.24, 2.45) is 0 Å². The summed E-state index contributed by atoms with van der Waals surface area (Å²) in [5.74, 6) is 1.08. The number of nitrogens with zero attached hydrogens (tertiary/aromatic N) is 2. The highest BCUT2D eigenvalue weighted by Gasteiger charge is 2.14. The van der Waals surface area contributed by atoms with Crippen molar-refractivity contribution < 1.29 is 10.2 Å². The molecule has 2 N–H and O–H groups in total. The molecule has 1 fully saturated rings. The predicted molar refractivity (Wildman–Crippen MR) is 68.4 cm³/mol. The number of aromatic nitrogens is 1. The lowest BCUT2D eigenvalue weighted by molar-refractivity contribution is 0.122. The smallest absolute Gasteiger partial charge is 0.136 e. The number of ether oxygens (including phenoxy) is 1. The van der Waals surface area contributed by atoms with Gasteiger partial charge in [0.05, 0.1) is 13.2 Å². The van der Waals surface area contributed by atoms with E-state index < -0.39 is 0 Å². The van der Waals surface area contributed by atoms with Crippen LogP contribution in [0, 0.1) is 0 Å². The maximum atomic E-state index is 5.36. The first-order chi connectivity index (χ1) is 7.95. The van der Waals surface area contributed by atoms with E-state index in [-0.39, 0.29) is 5.48 Å². The molecule has 1 aromatic carbocycles. The summed E-state index contributed by atoms with van der Waals surface area (Å²) in [6.45, 7) is 3.46. The van der Waals surface area contributed by atoms with Crippen molar-refractivity contribution in [3.8, 4) is 0 Å². The summed E-state index contributed by atoms with van der Waals surface area (Å²) in [5, 5.41) is 2.48. The third kappa shape index (κ3) is 2.23. The molecule has 17 heavy (non-hydrogen) atoms. The van der Waals surface area contributed by atoms with E-state index in [1.807, 2.05) is 6.20 Å². The van der Waals surface area contributed by atoms with Crippen LogP contribution in [0.3, 0.4) is 0 Å². The summed E-state index contributed by atoms with van der Waals surface area (Å²) in [6, 6.07) is 10.4. The molecule has 4 nitrogen and oxygen atoms in total. The van der Waals surface area contributed by atoms with E-state index in [0.717, 1.165) is 32.1 Å². The van der Waals surface area contributed by atoms with Gasteiger partial charge in [-0.25, -0.2) is 4.98 Å². The molecule has 1 saturated heterocycles. The quantitative estimate of drug-likeness (QED) is 0.743. The highest BCUT2D eigenvalue weighted by molar-refractivity contribution is 5.92. The number of anilines is 1. The summed E-state index contributed by atoms with van der Waals surface area (Å²) in [4.78, 5) is 6.80. The lowest BCUT2D eigenvalue weighted by Crippen LogP contribution is -2.36. The van der Waals surface area contributed by atoms with Gasteiger partial charge in [0.15, 0.2) is 0 Å². The van der Waals surface area contributed by atoms with Gasteiger partial charge in [0, 0.05) is 24.7 Å². The van der Waals surface area contributed by atoms with Crippen LogP contribution >= 0.6 is 0 Å². The first kappa shape index (κ1) is 11.8.